The number of ether oxygens (including phenoxy) is 1. The number of hydrogen-bond donors (Lipinski definition) is 3. The SMILES string of the molecule is CC(C)(C)[C@H](N)C(=O)NCC(O)COc1ccccc1Br.Cl. The van der Waals surface area contributed by atoms with Crippen LogP contribution in [0.2, 0.25) is 0 Å². The number of aliphatic hydroxyl groups is 1. The first-order chi connectivity index (χ1) is 9.71. The van der Waals surface area contributed by atoms with Crippen LogP contribution in [-0.4, -0.2) is 36.3 Å². The van der Waals surface area contributed by atoms with Gasteiger partial charge in [0.2, 0.25) is 5.91 Å². The fourth-order valence-corrected chi connectivity index (χ4v) is 1.93. The Kier molecular flexibility index (Phi) is 9.00. The molecule has 0 bridgehead atoms. The van der Waals surface area contributed by atoms with Gasteiger partial charge < -0.3 is 20.9 Å². The predicted octanol–water partition coefficient (Wildman–Crippen LogP) is 2.10. The first kappa shape index (κ1) is 21.2. The minimum absolute atomic E-state index is 0. The lowest BCUT2D eigenvalue weighted by molar-refractivity contribution is -0.125. The van der Waals surface area contributed by atoms with Crippen LogP contribution in [0, 0.1) is 5.41 Å². The van der Waals surface area contributed by atoms with Crippen molar-refractivity contribution in [3.05, 3.63) is 28.7 Å². The third-order valence-electron chi connectivity index (χ3n) is 3.00. The van der Waals surface area contributed by atoms with E-state index in [0.717, 1.165) is 4.47 Å². The number of nitrogens with two attached hydrogens (primary N) is 1. The maximum atomic E-state index is 11.8. The van der Waals surface area contributed by atoms with Crippen molar-refractivity contribution >= 4 is 34.2 Å². The fourth-order valence-electron chi connectivity index (χ4n) is 1.53. The van der Waals surface area contributed by atoms with Crippen molar-refractivity contribution in [2.45, 2.75) is 32.9 Å². The van der Waals surface area contributed by atoms with E-state index in [-0.39, 0.29) is 36.9 Å². The summed E-state index contributed by atoms with van der Waals surface area (Å²) in [5.41, 5.74) is 5.52. The molecule has 0 saturated heterocycles. The lowest BCUT2D eigenvalue weighted by Crippen LogP contribution is -2.50. The molecule has 0 spiro atoms. The van der Waals surface area contributed by atoms with Crippen LogP contribution < -0.4 is 15.8 Å². The fraction of sp³-hybridized carbons (Fsp3) is 0.533. The van der Waals surface area contributed by atoms with Gasteiger partial charge in [-0.15, -0.1) is 12.4 Å². The van der Waals surface area contributed by atoms with Gasteiger partial charge in [0.25, 0.3) is 0 Å². The minimum Gasteiger partial charge on any atom is -0.490 e. The van der Waals surface area contributed by atoms with Gasteiger partial charge in [-0.25, -0.2) is 0 Å². The first-order valence-electron chi connectivity index (χ1n) is 6.80. The van der Waals surface area contributed by atoms with Gasteiger partial charge in [-0.2, -0.15) is 0 Å². The summed E-state index contributed by atoms with van der Waals surface area (Å²) in [5.74, 6) is 0.372. The smallest absolute Gasteiger partial charge is 0.237 e. The largest absolute Gasteiger partial charge is 0.490 e. The minimum atomic E-state index is -0.798. The molecule has 0 aromatic heterocycles. The van der Waals surface area contributed by atoms with E-state index in [9.17, 15) is 9.90 Å². The van der Waals surface area contributed by atoms with E-state index in [1.54, 1.807) is 6.07 Å². The summed E-state index contributed by atoms with van der Waals surface area (Å²) in [6, 6.07) is 6.75. The molecule has 126 valence electrons. The topological polar surface area (TPSA) is 84.6 Å². The van der Waals surface area contributed by atoms with E-state index in [2.05, 4.69) is 21.2 Å². The highest BCUT2D eigenvalue weighted by molar-refractivity contribution is 9.10. The van der Waals surface area contributed by atoms with Crippen LogP contribution in [0.15, 0.2) is 28.7 Å². The standard InChI is InChI=1S/C15H23BrN2O3.ClH/c1-15(2,3)13(17)14(20)18-8-10(19)9-21-12-7-5-4-6-11(12)16;/h4-7,10,13,19H,8-9,17H2,1-3H3,(H,18,20);1H/t10?,13-;/m1./s1. The monoisotopic (exact) mass is 394 g/mol. The third kappa shape index (κ3) is 6.96. The first-order valence-corrected chi connectivity index (χ1v) is 7.60. The molecule has 1 unspecified atom stereocenters. The normalized spacial score (nSPS) is 13.7. The van der Waals surface area contributed by atoms with Gasteiger partial charge >= 0.3 is 0 Å². The van der Waals surface area contributed by atoms with Crippen molar-refractivity contribution in [3.63, 3.8) is 0 Å². The molecule has 0 heterocycles. The molecule has 0 saturated carbocycles. The highest BCUT2D eigenvalue weighted by Crippen LogP contribution is 2.23. The van der Waals surface area contributed by atoms with Gasteiger partial charge in [0.1, 0.15) is 18.5 Å². The average molecular weight is 396 g/mol. The number of halogens is 2. The molecule has 1 aromatic rings. The van der Waals surface area contributed by atoms with Gasteiger partial charge in [-0.3, -0.25) is 4.79 Å². The van der Waals surface area contributed by atoms with Crippen molar-refractivity contribution in [2.24, 2.45) is 11.1 Å². The van der Waals surface area contributed by atoms with Crippen LogP contribution in [0.25, 0.3) is 0 Å². The van der Waals surface area contributed by atoms with Crippen LogP contribution in [0.1, 0.15) is 20.8 Å². The highest BCUT2D eigenvalue weighted by atomic mass is 79.9. The summed E-state index contributed by atoms with van der Waals surface area (Å²) >= 11 is 3.36. The lowest BCUT2D eigenvalue weighted by atomic mass is 9.87. The van der Waals surface area contributed by atoms with E-state index in [0.29, 0.717) is 5.75 Å². The van der Waals surface area contributed by atoms with Crippen LogP contribution in [0.4, 0.5) is 0 Å². The zero-order valence-corrected chi connectivity index (χ0v) is 15.4. The summed E-state index contributed by atoms with van der Waals surface area (Å²) in [7, 11) is 0. The Labute approximate surface area is 146 Å². The number of benzene rings is 1. The summed E-state index contributed by atoms with van der Waals surface area (Å²) in [4.78, 5) is 11.8. The molecule has 22 heavy (non-hydrogen) atoms. The molecule has 0 fully saturated rings. The zero-order chi connectivity index (χ0) is 16.0. The predicted molar refractivity (Wildman–Crippen MR) is 93.3 cm³/mol. The average Bonchev–Trinajstić information content (AvgIpc) is 2.42. The van der Waals surface area contributed by atoms with E-state index >= 15 is 0 Å². The number of aliphatic hydroxyl groups excluding tert-OH is 1. The second kappa shape index (κ2) is 9.35. The quantitative estimate of drug-likeness (QED) is 0.688. The number of para-hydroxylation sites is 1. The van der Waals surface area contributed by atoms with Crippen molar-refractivity contribution < 1.29 is 14.6 Å². The Bertz CT molecular complexity index is 480. The highest BCUT2D eigenvalue weighted by Gasteiger charge is 2.27. The van der Waals surface area contributed by atoms with Crippen molar-refractivity contribution in [1.82, 2.24) is 5.32 Å². The van der Waals surface area contributed by atoms with Crippen molar-refractivity contribution in [2.75, 3.05) is 13.2 Å². The Hall–Kier alpha value is -0.820. The molecule has 0 aliphatic rings. The van der Waals surface area contributed by atoms with Crippen molar-refractivity contribution in [1.29, 1.82) is 0 Å². The Morgan fingerprint density at radius 2 is 2.00 bits per heavy atom. The number of amides is 1. The molecule has 2 atom stereocenters. The van der Waals surface area contributed by atoms with Crippen molar-refractivity contribution in [3.8, 4) is 5.75 Å². The molecule has 1 aromatic carbocycles. The van der Waals surface area contributed by atoms with Gasteiger partial charge in [0.15, 0.2) is 0 Å². The second-order valence-corrected chi connectivity index (χ2v) is 6.84. The van der Waals surface area contributed by atoms with Crippen LogP contribution in [-0.2, 0) is 4.79 Å². The van der Waals surface area contributed by atoms with E-state index in [4.69, 9.17) is 10.5 Å². The number of carbonyl (C=O) groups is 1. The number of carbonyl (C=O) groups excluding carboxylic acids is 1. The van der Waals surface area contributed by atoms with Crippen LogP contribution in [0.3, 0.4) is 0 Å². The van der Waals surface area contributed by atoms with Gasteiger partial charge in [-0.05, 0) is 33.5 Å². The van der Waals surface area contributed by atoms with Gasteiger partial charge in [0.05, 0.1) is 10.5 Å². The third-order valence-corrected chi connectivity index (χ3v) is 3.65. The summed E-state index contributed by atoms with van der Waals surface area (Å²) in [6.45, 7) is 5.87. The Morgan fingerprint density at radius 3 is 2.55 bits per heavy atom. The summed E-state index contributed by atoms with van der Waals surface area (Å²) in [5, 5.41) is 12.5. The Morgan fingerprint density at radius 1 is 1.41 bits per heavy atom. The molecule has 1 amide bonds. The molecule has 0 aliphatic heterocycles. The maximum Gasteiger partial charge on any atom is 0.237 e. The number of rotatable bonds is 6. The molecule has 7 heteroatoms. The summed E-state index contributed by atoms with van der Waals surface area (Å²) in [6.07, 6.45) is -0.798. The molecule has 4 N–H and O–H groups in total. The van der Waals surface area contributed by atoms with Crippen LogP contribution >= 0.6 is 28.3 Å². The lowest BCUT2D eigenvalue weighted by Gasteiger charge is -2.26. The van der Waals surface area contributed by atoms with Gasteiger partial charge in [0, 0.05) is 6.54 Å². The zero-order valence-electron chi connectivity index (χ0n) is 13.0. The maximum absolute atomic E-state index is 11.8. The second-order valence-electron chi connectivity index (χ2n) is 5.98. The van der Waals surface area contributed by atoms with E-state index in [1.165, 1.54) is 0 Å². The molecule has 0 radical (unpaired) electrons. The van der Waals surface area contributed by atoms with E-state index < -0.39 is 12.1 Å². The Balaban J connectivity index is 0.00000441. The molecule has 5 nitrogen and oxygen atoms in total. The number of nitrogens with one attached hydrogen (secondary N) is 1. The number of hydrogen-bond acceptors (Lipinski definition) is 4. The van der Waals surface area contributed by atoms with Crippen LogP contribution in [0.5, 0.6) is 5.75 Å². The van der Waals surface area contributed by atoms with Gasteiger partial charge in [-0.1, -0.05) is 32.9 Å². The molecular formula is C15H24BrClN2O3. The molecule has 0 aliphatic carbocycles. The molecular weight excluding hydrogens is 372 g/mol. The molecule has 1 rings (SSSR count). The van der Waals surface area contributed by atoms with E-state index in [1.807, 2.05) is 39.0 Å². The summed E-state index contributed by atoms with van der Waals surface area (Å²) < 4.78 is 6.29.